The molecule has 1 aliphatic rings. The molecule has 0 aromatic heterocycles. The van der Waals surface area contributed by atoms with Gasteiger partial charge < -0.3 is 9.84 Å². The number of nitrogens with zero attached hydrogens (tertiary/aromatic N) is 1. The molecular formula is C12H13NO6S. The summed E-state index contributed by atoms with van der Waals surface area (Å²) in [5, 5.41) is 8.90. The largest absolute Gasteiger partial charge is 0.478 e. The van der Waals surface area contributed by atoms with E-state index in [0.717, 1.165) is 10.4 Å². The smallest absolute Gasteiger partial charge is 0.335 e. The third kappa shape index (κ3) is 2.06. The molecule has 1 aromatic carbocycles. The molecule has 1 atom stereocenters. The van der Waals surface area contributed by atoms with E-state index in [9.17, 15) is 18.0 Å². The second-order valence-electron chi connectivity index (χ2n) is 4.43. The van der Waals surface area contributed by atoms with Gasteiger partial charge in [0.15, 0.2) is 0 Å². The summed E-state index contributed by atoms with van der Waals surface area (Å²) in [6.07, 6.45) is 0. The Morgan fingerprint density at radius 3 is 2.65 bits per heavy atom. The van der Waals surface area contributed by atoms with Crippen LogP contribution < -0.4 is 0 Å². The average molecular weight is 299 g/mol. The van der Waals surface area contributed by atoms with Crippen LogP contribution in [0.2, 0.25) is 0 Å². The van der Waals surface area contributed by atoms with E-state index < -0.39 is 27.9 Å². The van der Waals surface area contributed by atoms with Gasteiger partial charge in [-0.15, -0.1) is 0 Å². The maximum absolute atomic E-state index is 12.3. The van der Waals surface area contributed by atoms with Gasteiger partial charge in [-0.05, 0) is 25.1 Å². The fourth-order valence-electron chi connectivity index (χ4n) is 2.13. The van der Waals surface area contributed by atoms with Crippen molar-refractivity contribution < 1.29 is 27.9 Å². The highest BCUT2D eigenvalue weighted by atomic mass is 32.2. The zero-order valence-electron chi connectivity index (χ0n) is 10.9. The lowest BCUT2D eigenvalue weighted by atomic mass is 10.1. The lowest BCUT2D eigenvalue weighted by Gasteiger charge is -2.22. The summed E-state index contributed by atoms with van der Waals surface area (Å²) in [4.78, 5) is 22.8. The molecule has 0 saturated heterocycles. The van der Waals surface area contributed by atoms with Gasteiger partial charge in [0.1, 0.15) is 4.90 Å². The summed E-state index contributed by atoms with van der Waals surface area (Å²) >= 11 is 0. The number of aromatic carboxylic acids is 1. The maximum Gasteiger partial charge on any atom is 0.335 e. The third-order valence-electron chi connectivity index (χ3n) is 3.00. The van der Waals surface area contributed by atoms with Crippen molar-refractivity contribution in [1.82, 2.24) is 4.31 Å². The first-order valence-corrected chi connectivity index (χ1v) is 7.19. The summed E-state index contributed by atoms with van der Waals surface area (Å²) in [7, 11) is -2.63. The van der Waals surface area contributed by atoms with E-state index in [4.69, 9.17) is 9.84 Å². The summed E-state index contributed by atoms with van der Waals surface area (Å²) in [5.74, 6) is -1.92. The van der Waals surface area contributed by atoms with Crippen molar-refractivity contribution in [1.29, 1.82) is 0 Å². The molecule has 0 fully saturated rings. The highest BCUT2D eigenvalue weighted by molar-refractivity contribution is 7.90. The summed E-state index contributed by atoms with van der Waals surface area (Å²) in [6.45, 7) is 1.60. The molecular weight excluding hydrogens is 286 g/mol. The molecule has 1 amide bonds. The van der Waals surface area contributed by atoms with Crippen LogP contribution in [0.5, 0.6) is 0 Å². The minimum Gasteiger partial charge on any atom is -0.478 e. The second kappa shape index (κ2) is 4.88. The monoisotopic (exact) mass is 299 g/mol. The highest BCUT2D eigenvalue weighted by Crippen LogP contribution is 2.32. The topological polar surface area (TPSA) is 101 Å². The predicted octanol–water partition coefficient (Wildman–Crippen LogP) is 0.564. The minimum atomic E-state index is -4.03. The Labute approximate surface area is 115 Å². The number of methoxy groups -OCH3 is 1. The van der Waals surface area contributed by atoms with Crippen LogP contribution in [0.1, 0.15) is 27.6 Å². The minimum absolute atomic E-state index is 0.0158. The first kappa shape index (κ1) is 14.5. The molecule has 0 radical (unpaired) electrons. The number of ether oxygens (including phenoxy) is 1. The van der Waals surface area contributed by atoms with Crippen LogP contribution in [0.15, 0.2) is 23.1 Å². The lowest BCUT2D eigenvalue weighted by molar-refractivity contribution is 0.0694. The van der Waals surface area contributed by atoms with Crippen LogP contribution in [0, 0.1) is 0 Å². The number of fused-ring (bicyclic) bond motifs is 1. The molecule has 1 aliphatic heterocycles. The molecule has 1 heterocycles. The van der Waals surface area contributed by atoms with E-state index in [1.54, 1.807) is 6.92 Å². The molecule has 108 valence electrons. The zero-order chi connectivity index (χ0) is 15.1. The number of carbonyl (C=O) groups excluding carboxylic acids is 1. The molecule has 0 bridgehead atoms. The Kier molecular flexibility index (Phi) is 3.53. The van der Waals surface area contributed by atoms with Gasteiger partial charge in [-0.1, -0.05) is 0 Å². The molecule has 1 unspecified atom stereocenters. The van der Waals surface area contributed by atoms with Gasteiger partial charge in [-0.3, -0.25) is 4.79 Å². The Morgan fingerprint density at radius 1 is 1.45 bits per heavy atom. The number of sulfonamides is 1. The number of hydrogen-bond donors (Lipinski definition) is 1. The summed E-state index contributed by atoms with van der Waals surface area (Å²) in [6, 6.07) is 2.76. The number of carboxylic acids is 1. The van der Waals surface area contributed by atoms with E-state index in [2.05, 4.69) is 0 Å². The van der Waals surface area contributed by atoms with Crippen molar-refractivity contribution in [3.8, 4) is 0 Å². The van der Waals surface area contributed by atoms with E-state index >= 15 is 0 Å². The summed E-state index contributed by atoms with van der Waals surface area (Å²) < 4.78 is 30.3. The van der Waals surface area contributed by atoms with Crippen LogP contribution in [0.25, 0.3) is 0 Å². The molecule has 7 nitrogen and oxygen atoms in total. The van der Waals surface area contributed by atoms with Crippen LogP contribution in [-0.2, 0) is 14.8 Å². The van der Waals surface area contributed by atoms with Crippen molar-refractivity contribution >= 4 is 21.9 Å². The Hall–Kier alpha value is -1.93. The quantitative estimate of drug-likeness (QED) is 0.872. The highest BCUT2D eigenvalue weighted by Gasteiger charge is 2.44. The van der Waals surface area contributed by atoms with E-state index in [1.807, 2.05) is 0 Å². The number of carboxylic acid groups (broad SMARTS) is 1. The first-order valence-electron chi connectivity index (χ1n) is 5.75. The van der Waals surface area contributed by atoms with Gasteiger partial charge in [0.05, 0.1) is 23.8 Å². The molecule has 2 rings (SSSR count). The van der Waals surface area contributed by atoms with E-state index in [-0.39, 0.29) is 22.6 Å². The van der Waals surface area contributed by atoms with Crippen LogP contribution in [0.4, 0.5) is 0 Å². The number of hydrogen-bond acceptors (Lipinski definition) is 5. The van der Waals surface area contributed by atoms with Crippen molar-refractivity contribution in [2.75, 3.05) is 13.7 Å². The van der Waals surface area contributed by atoms with Crippen molar-refractivity contribution in [2.45, 2.75) is 17.9 Å². The maximum atomic E-state index is 12.3. The third-order valence-corrected chi connectivity index (χ3v) is 4.94. The summed E-state index contributed by atoms with van der Waals surface area (Å²) in [5.41, 5.74) is -0.195. The van der Waals surface area contributed by atoms with Crippen LogP contribution in [-0.4, -0.2) is 49.5 Å². The molecule has 1 N–H and O–H groups in total. The van der Waals surface area contributed by atoms with Crippen molar-refractivity contribution in [3.63, 3.8) is 0 Å². The van der Waals surface area contributed by atoms with Crippen molar-refractivity contribution in [2.24, 2.45) is 0 Å². The molecule has 1 aromatic rings. The Bertz CT molecular complexity index is 681. The average Bonchev–Trinajstić information content (AvgIpc) is 2.57. The fourth-order valence-corrected chi connectivity index (χ4v) is 3.90. The fraction of sp³-hybridized carbons (Fsp3) is 0.333. The Morgan fingerprint density at radius 2 is 2.10 bits per heavy atom. The second-order valence-corrected chi connectivity index (χ2v) is 6.21. The van der Waals surface area contributed by atoms with E-state index in [0.29, 0.717) is 0 Å². The number of amides is 1. The standard InChI is InChI=1S/C12H13NO6S/c1-7(6-19-2)13-11(14)9-4-3-8(12(15)16)5-10(9)20(13,17)18/h3-5,7H,6H2,1-2H3,(H,15,16). The molecule has 8 heteroatoms. The zero-order valence-corrected chi connectivity index (χ0v) is 11.7. The predicted molar refractivity (Wildman–Crippen MR) is 68.1 cm³/mol. The van der Waals surface area contributed by atoms with Gasteiger partial charge >= 0.3 is 5.97 Å². The molecule has 0 saturated carbocycles. The SMILES string of the molecule is COCC(C)N1C(=O)c2ccc(C(=O)O)cc2S1(=O)=O. The van der Waals surface area contributed by atoms with Gasteiger partial charge in [0, 0.05) is 7.11 Å². The Balaban J connectivity index is 2.56. The first-order chi connectivity index (χ1) is 9.30. The van der Waals surface area contributed by atoms with Crippen molar-refractivity contribution in [3.05, 3.63) is 29.3 Å². The van der Waals surface area contributed by atoms with Crippen LogP contribution in [0.3, 0.4) is 0 Å². The number of benzene rings is 1. The van der Waals surface area contributed by atoms with Crippen LogP contribution >= 0.6 is 0 Å². The van der Waals surface area contributed by atoms with Gasteiger partial charge in [-0.25, -0.2) is 17.5 Å². The van der Waals surface area contributed by atoms with Gasteiger partial charge in [0.25, 0.3) is 15.9 Å². The van der Waals surface area contributed by atoms with Gasteiger partial charge in [0.2, 0.25) is 0 Å². The molecule has 20 heavy (non-hydrogen) atoms. The molecule has 0 spiro atoms. The normalized spacial score (nSPS) is 17.9. The number of carbonyl (C=O) groups is 2. The molecule has 0 aliphatic carbocycles. The lowest BCUT2D eigenvalue weighted by Crippen LogP contribution is -2.40. The van der Waals surface area contributed by atoms with Gasteiger partial charge in [-0.2, -0.15) is 0 Å². The number of rotatable bonds is 4. The van der Waals surface area contributed by atoms with E-state index in [1.165, 1.54) is 19.2 Å².